The molecule has 0 bridgehead atoms. The molecule has 3 atom stereocenters. The van der Waals surface area contributed by atoms with Gasteiger partial charge in [0, 0.05) is 24.4 Å². The molecule has 0 spiro atoms. The molecule has 0 aliphatic carbocycles. The molecule has 0 aromatic heterocycles. The number of ether oxygens (including phenoxy) is 1. The van der Waals surface area contributed by atoms with E-state index >= 15 is 0 Å². The first-order valence-electron chi connectivity index (χ1n) is 8.75. The highest BCUT2D eigenvalue weighted by atomic mass is 32.2. The number of hydrazine groups is 1. The van der Waals surface area contributed by atoms with Crippen molar-refractivity contribution in [2.75, 3.05) is 26.1 Å². The number of hydrogen-bond donors (Lipinski definition) is 3. The standard InChI is InChI=1S/C16H20N6O7S/c1-18-10(6-30-7-17)12(20-28-2)13(24)19-9-5-21-4-8-3-11(23)29-16(8,15(26)27)22(21)14(9)25/h6,8-9H,1,3-5,7,17H2,2H3,(H,19,24)(H,26,27)/b10-6-,20-12-/t8-,9-,16+/m0/s1. The lowest BCUT2D eigenvalue weighted by atomic mass is 9.95. The molecule has 162 valence electrons. The van der Waals surface area contributed by atoms with Crippen LogP contribution in [0, 0.1) is 5.92 Å². The van der Waals surface area contributed by atoms with Gasteiger partial charge in [-0.1, -0.05) is 5.16 Å². The third kappa shape index (κ3) is 3.42. The molecule has 3 heterocycles. The Morgan fingerprint density at radius 2 is 2.23 bits per heavy atom. The maximum atomic E-state index is 12.9. The number of amides is 2. The van der Waals surface area contributed by atoms with E-state index in [-0.39, 0.29) is 36.8 Å². The largest absolute Gasteiger partial charge is 0.477 e. The lowest BCUT2D eigenvalue weighted by Crippen LogP contribution is -2.58. The summed E-state index contributed by atoms with van der Waals surface area (Å²) in [6.45, 7) is 3.51. The maximum absolute atomic E-state index is 12.9. The van der Waals surface area contributed by atoms with Crippen molar-refractivity contribution < 1.29 is 33.9 Å². The number of carboxylic acid groups (broad SMARTS) is 1. The number of carbonyl (C=O) groups is 4. The van der Waals surface area contributed by atoms with Crippen LogP contribution in [0.2, 0.25) is 0 Å². The van der Waals surface area contributed by atoms with Crippen LogP contribution in [0.1, 0.15) is 6.42 Å². The fraction of sp³-hybridized carbons (Fsp3) is 0.500. The quantitative estimate of drug-likeness (QED) is 0.167. The minimum atomic E-state index is -2.09. The Labute approximate surface area is 174 Å². The van der Waals surface area contributed by atoms with Crippen LogP contribution in [0.5, 0.6) is 0 Å². The molecule has 0 radical (unpaired) electrons. The van der Waals surface area contributed by atoms with Gasteiger partial charge in [0.15, 0.2) is 5.71 Å². The number of carbonyl (C=O) groups excluding carboxylic acids is 3. The van der Waals surface area contributed by atoms with Gasteiger partial charge in [0.25, 0.3) is 11.8 Å². The van der Waals surface area contributed by atoms with Crippen LogP contribution in [-0.4, -0.2) is 89.1 Å². The molecule has 0 saturated carbocycles. The van der Waals surface area contributed by atoms with Crippen molar-refractivity contribution in [2.24, 2.45) is 21.8 Å². The van der Waals surface area contributed by atoms with Crippen LogP contribution in [-0.2, 0) is 28.8 Å². The summed E-state index contributed by atoms with van der Waals surface area (Å²) in [6, 6.07) is -1.09. The second-order valence-electron chi connectivity index (χ2n) is 6.54. The van der Waals surface area contributed by atoms with Crippen molar-refractivity contribution in [3.05, 3.63) is 11.1 Å². The highest BCUT2D eigenvalue weighted by molar-refractivity contribution is 8.02. The number of nitrogens with one attached hydrogen (secondary N) is 1. The van der Waals surface area contributed by atoms with Crippen molar-refractivity contribution >= 4 is 47.9 Å². The van der Waals surface area contributed by atoms with Crippen molar-refractivity contribution in [1.29, 1.82) is 0 Å². The monoisotopic (exact) mass is 440 g/mol. The van der Waals surface area contributed by atoms with E-state index in [4.69, 9.17) is 10.5 Å². The molecule has 0 aromatic rings. The van der Waals surface area contributed by atoms with Crippen LogP contribution in [0.3, 0.4) is 0 Å². The van der Waals surface area contributed by atoms with E-state index in [0.717, 1.165) is 16.8 Å². The molecule has 3 aliphatic rings. The lowest BCUT2D eigenvalue weighted by molar-refractivity contribution is -0.206. The average Bonchev–Trinajstić information content (AvgIpc) is 3.28. The summed E-state index contributed by atoms with van der Waals surface area (Å²) in [5.41, 5.74) is 3.18. The predicted octanol–water partition coefficient (Wildman–Crippen LogP) is -1.92. The Morgan fingerprint density at radius 3 is 2.83 bits per heavy atom. The third-order valence-electron chi connectivity index (χ3n) is 4.88. The molecule has 3 saturated heterocycles. The molecular weight excluding hydrogens is 420 g/mol. The smallest absolute Gasteiger partial charge is 0.372 e. The first kappa shape index (κ1) is 21.7. The van der Waals surface area contributed by atoms with Gasteiger partial charge < -0.3 is 25.7 Å². The molecule has 13 nitrogen and oxygen atoms in total. The normalized spacial score (nSPS) is 28.8. The van der Waals surface area contributed by atoms with Gasteiger partial charge in [-0.15, -0.1) is 11.8 Å². The summed E-state index contributed by atoms with van der Waals surface area (Å²) in [5.74, 6) is -4.10. The average molecular weight is 440 g/mol. The van der Waals surface area contributed by atoms with Crippen molar-refractivity contribution in [3.63, 3.8) is 0 Å². The Hall–Kier alpha value is -2.97. The van der Waals surface area contributed by atoms with E-state index < -0.39 is 41.4 Å². The van der Waals surface area contributed by atoms with E-state index in [1.165, 1.54) is 17.5 Å². The van der Waals surface area contributed by atoms with Crippen LogP contribution in [0.15, 0.2) is 21.3 Å². The van der Waals surface area contributed by atoms with Gasteiger partial charge >= 0.3 is 17.7 Å². The van der Waals surface area contributed by atoms with Gasteiger partial charge in [0.1, 0.15) is 18.8 Å². The second kappa shape index (κ2) is 8.41. The minimum absolute atomic E-state index is 0.00598. The first-order chi connectivity index (χ1) is 14.3. The number of hydrogen-bond acceptors (Lipinski definition) is 11. The molecular formula is C16H20N6O7S. The van der Waals surface area contributed by atoms with E-state index in [0.29, 0.717) is 0 Å². The number of esters is 1. The number of oxime groups is 1. The fourth-order valence-corrected chi connectivity index (χ4v) is 4.16. The molecule has 0 unspecified atom stereocenters. The van der Waals surface area contributed by atoms with Gasteiger partial charge in [0.2, 0.25) is 0 Å². The summed E-state index contributed by atoms with van der Waals surface area (Å²) in [5, 5.41) is 19.7. The van der Waals surface area contributed by atoms with Gasteiger partial charge in [-0.25, -0.2) is 14.8 Å². The molecule has 2 amide bonds. The van der Waals surface area contributed by atoms with E-state index in [2.05, 4.69) is 27.0 Å². The molecule has 4 N–H and O–H groups in total. The van der Waals surface area contributed by atoms with Gasteiger partial charge in [-0.3, -0.25) is 19.4 Å². The van der Waals surface area contributed by atoms with Crippen molar-refractivity contribution in [2.45, 2.75) is 18.2 Å². The van der Waals surface area contributed by atoms with Gasteiger partial charge in [-0.2, -0.15) is 0 Å². The summed E-state index contributed by atoms with van der Waals surface area (Å²) in [6.07, 6.45) is -0.105. The summed E-state index contributed by atoms with van der Waals surface area (Å²) in [4.78, 5) is 57.7. The van der Waals surface area contributed by atoms with Crippen LogP contribution >= 0.6 is 11.8 Å². The van der Waals surface area contributed by atoms with Crippen LogP contribution in [0.4, 0.5) is 0 Å². The van der Waals surface area contributed by atoms with Crippen LogP contribution in [0.25, 0.3) is 0 Å². The van der Waals surface area contributed by atoms with Crippen LogP contribution < -0.4 is 11.1 Å². The van der Waals surface area contributed by atoms with Crippen molar-refractivity contribution in [3.8, 4) is 0 Å². The zero-order valence-electron chi connectivity index (χ0n) is 15.9. The highest BCUT2D eigenvalue weighted by Gasteiger charge is 2.70. The molecule has 30 heavy (non-hydrogen) atoms. The summed E-state index contributed by atoms with van der Waals surface area (Å²) >= 11 is 1.15. The predicted molar refractivity (Wildman–Crippen MR) is 104 cm³/mol. The molecule has 3 fully saturated rings. The number of carboxylic acids is 1. The Kier molecular flexibility index (Phi) is 6.09. The Balaban J connectivity index is 1.81. The number of aliphatic imine (C=N–C) groups is 1. The van der Waals surface area contributed by atoms with E-state index in [1.807, 2.05) is 0 Å². The number of nitrogens with zero attached hydrogens (tertiary/aromatic N) is 4. The number of nitrogens with two attached hydrogens (primary N) is 1. The van der Waals surface area contributed by atoms with Gasteiger partial charge in [-0.05, 0) is 6.72 Å². The fourth-order valence-electron chi connectivity index (χ4n) is 3.72. The molecule has 3 aliphatic heterocycles. The number of rotatable bonds is 8. The summed E-state index contributed by atoms with van der Waals surface area (Å²) in [7, 11) is 1.23. The van der Waals surface area contributed by atoms with E-state index in [1.54, 1.807) is 0 Å². The topological polar surface area (TPSA) is 176 Å². The Morgan fingerprint density at radius 1 is 1.50 bits per heavy atom. The second-order valence-corrected chi connectivity index (χ2v) is 7.44. The zero-order valence-corrected chi connectivity index (χ0v) is 16.8. The zero-order chi connectivity index (χ0) is 22.1. The Bertz CT molecular complexity index is 861. The van der Waals surface area contributed by atoms with Gasteiger partial charge in [0.05, 0.1) is 12.3 Å². The molecule has 14 heteroatoms. The number of aliphatic carboxylic acids is 1. The lowest BCUT2D eigenvalue weighted by Gasteiger charge is -2.31. The number of thioether (sulfide) groups is 1. The maximum Gasteiger partial charge on any atom is 0.372 e. The first-order valence-corrected chi connectivity index (χ1v) is 9.80. The number of fused-ring (bicyclic) bond motifs is 3. The highest BCUT2D eigenvalue weighted by Crippen LogP contribution is 2.45. The summed E-state index contributed by atoms with van der Waals surface area (Å²) < 4.78 is 5.08. The SMILES string of the molecule is C=NC(=C\SCN)/C(=N/OC)C(=O)N[C@H]1CN2C[C@@H]3CC(=O)O[C@]3(C(=O)O)N2C1=O. The molecule has 0 aromatic carbocycles. The van der Waals surface area contributed by atoms with Crippen molar-refractivity contribution in [1.82, 2.24) is 15.3 Å². The van der Waals surface area contributed by atoms with E-state index in [9.17, 15) is 24.3 Å². The molecule has 3 rings (SSSR count). The third-order valence-corrected chi connectivity index (χ3v) is 5.46. The minimum Gasteiger partial charge on any atom is -0.477 e.